The van der Waals surface area contributed by atoms with Crippen LogP contribution in [0.15, 0.2) is 24.3 Å². The van der Waals surface area contributed by atoms with E-state index in [1.54, 1.807) is 13.8 Å². The van der Waals surface area contributed by atoms with Gasteiger partial charge in [-0.2, -0.15) is 0 Å². The Morgan fingerprint density at radius 3 is 2.55 bits per heavy atom. The van der Waals surface area contributed by atoms with Crippen molar-refractivity contribution < 1.29 is 9.90 Å². The first kappa shape index (κ1) is 14.9. The van der Waals surface area contributed by atoms with Gasteiger partial charge in [0.25, 0.3) is 0 Å². The first-order chi connectivity index (χ1) is 9.22. The van der Waals surface area contributed by atoms with Crippen molar-refractivity contribution >= 4 is 28.5 Å². The van der Waals surface area contributed by atoms with Crippen LogP contribution in [0.25, 0.3) is 10.9 Å². The van der Waals surface area contributed by atoms with Crippen molar-refractivity contribution in [3.05, 3.63) is 35.0 Å². The SMILES string of the molecule is CC(C)n1c(CC(C)(C)C(=O)O)cc2ccc(Cl)cc21. The Morgan fingerprint density at radius 1 is 1.35 bits per heavy atom. The fourth-order valence-electron chi connectivity index (χ4n) is 2.53. The van der Waals surface area contributed by atoms with Crippen LogP contribution in [0.5, 0.6) is 0 Å². The van der Waals surface area contributed by atoms with Crippen molar-refractivity contribution in [3.8, 4) is 0 Å². The summed E-state index contributed by atoms with van der Waals surface area (Å²) in [4.78, 5) is 11.3. The first-order valence-electron chi connectivity index (χ1n) is 6.75. The average Bonchev–Trinajstić information content (AvgIpc) is 2.64. The molecule has 0 spiro atoms. The van der Waals surface area contributed by atoms with E-state index in [4.69, 9.17) is 11.6 Å². The van der Waals surface area contributed by atoms with Gasteiger partial charge in [0, 0.05) is 28.7 Å². The molecular weight excluding hydrogens is 274 g/mol. The number of hydrogen-bond donors (Lipinski definition) is 1. The number of benzene rings is 1. The normalized spacial score (nSPS) is 12.3. The molecule has 0 aliphatic heterocycles. The number of carboxylic acid groups (broad SMARTS) is 1. The fourth-order valence-corrected chi connectivity index (χ4v) is 2.69. The molecule has 20 heavy (non-hydrogen) atoms. The second-order valence-corrected chi connectivity index (χ2v) is 6.60. The van der Waals surface area contributed by atoms with E-state index in [-0.39, 0.29) is 6.04 Å². The van der Waals surface area contributed by atoms with Crippen LogP contribution in [0.4, 0.5) is 0 Å². The number of carboxylic acids is 1. The van der Waals surface area contributed by atoms with Gasteiger partial charge in [0.2, 0.25) is 0 Å². The van der Waals surface area contributed by atoms with Crippen molar-refractivity contribution in [1.29, 1.82) is 0 Å². The Hall–Kier alpha value is -1.48. The summed E-state index contributed by atoms with van der Waals surface area (Å²) in [6.45, 7) is 7.70. The molecule has 0 saturated heterocycles. The van der Waals surface area contributed by atoms with E-state index in [0.29, 0.717) is 11.4 Å². The molecule has 2 aromatic rings. The van der Waals surface area contributed by atoms with Gasteiger partial charge < -0.3 is 9.67 Å². The molecule has 108 valence electrons. The summed E-state index contributed by atoms with van der Waals surface area (Å²) in [5.74, 6) is -0.781. The molecule has 0 aliphatic rings. The maximum Gasteiger partial charge on any atom is 0.309 e. The lowest BCUT2D eigenvalue weighted by Gasteiger charge is -2.22. The second-order valence-electron chi connectivity index (χ2n) is 6.17. The quantitative estimate of drug-likeness (QED) is 0.900. The Kier molecular flexibility index (Phi) is 3.83. The van der Waals surface area contributed by atoms with Crippen LogP contribution in [0.3, 0.4) is 0 Å². The largest absolute Gasteiger partial charge is 0.481 e. The van der Waals surface area contributed by atoms with Crippen molar-refractivity contribution in [2.24, 2.45) is 5.41 Å². The number of aliphatic carboxylic acids is 1. The zero-order valence-corrected chi connectivity index (χ0v) is 13.0. The van der Waals surface area contributed by atoms with Crippen LogP contribution < -0.4 is 0 Å². The summed E-state index contributed by atoms with van der Waals surface area (Å²) in [5.41, 5.74) is 1.30. The monoisotopic (exact) mass is 293 g/mol. The number of nitrogens with zero attached hydrogens (tertiary/aromatic N) is 1. The molecule has 4 heteroatoms. The van der Waals surface area contributed by atoms with Gasteiger partial charge in [-0.1, -0.05) is 17.7 Å². The molecule has 0 bridgehead atoms. The molecule has 0 radical (unpaired) electrons. The van der Waals surface area contributed by atoms with Gasteiger partial charge >= 0.3 is 5.97 Å². The summed E-state index contributed by atoms with van der Waals surface area (Å²) in [6.07, 6.45) is 0.493. The van der Waals surface area contributed by atoms with Crippen LogP contribution in [0, 0.1) is 5.41 Å². The smallest absolute Gasteiger partial charge is 0.309 e. The Labute approximate surface area is 124 Å². The molecule has 1 aromatic heterocycles. The Morgan fingerprint density at radius 2 is 2.00 bits per heavy atom. The minimum Gasteiger partial charge on any atom is -0.481 e. The lowest BCUT2D eigenvalue weighted by molar-refractivity contribution is -0.146. The maximum atomic E-state index is 11.3. The molecule has 2 rings (SSSR count). The van der Waals surface area contributed by atoms with E-state index in [1.807, 2.05) is 18.2 Å². The topological polar surface area (TPSA) is 42.2 Å². The van der Waals surface area contributed by atoms with Crippen molar-refractivity contribution in [1.82, 2.24) is 4.57 Å². The highest BCUT2D eigenvalue weighted by Gasteiger charge is 2.29. The number of hydrogen-bond acceptors (Lipinski definition) is 1. The lowest BCUT2D eigenvalue weighted by Crippen LogP contribution is -2.27. The molecule has 1 heterocycles. The molecule has 0 fully saturated rings. The number of halogens is 1. The first-order valence-corrected chi connectivity index (χ1v) is 7.13. The van der Waals surface area contributed by atoms with Gasteiger partial charge in [-0.05, 0) is 51.3 Å². The number of carbonyl (C=O) groups is 1. The van der Waals surface area contributed by atoms with Gasteiger partial charge in [0.1, 0.15) is 0 Å². The van der Waals surface area contributed by atoms with Gasteiger partial charge in [0.15, 0.2) is 0 Å². The molecule has 3 nitrogen and oxygen atoms in total. The lowest BCUT2D eigenvalue weighted by atomic mass is 9.88. The van der Waals surface area contributed by atoms with Crippen LogP contribution in [-0.2, 0) is 11.2 Å². The van der Waals surface area contributed by atoms with Gasteiger partial charge in [-0.3, -0.25) is 4.79 Å². The van der Waals surface area contributed by atoms with Gasteiger partial charge in [0.05, 0.1) is 5.41 Å². The molecule has 0 saturated carbocycles. The van der Waals surface area contributed by atoms with E-state index < -0.39 is 11.4 Å². The highest BCUT2D eigenvalue weighted by atomic mass is 35.5. The van der Waals surface area contributed by atoms with Crippen LogP contribution in [0.1, 0.15) is 39.4 Å². The molecule has 0 unspecified atom stereocenters. The summed E-state index contributed by atoms with van der Waals surface area (Å²) < 4.78 is 2.17. The van der Waals surface area contributed by atoms with E-state index in [2.05, 4.69) is 24.5 Å². The molecule has 1 N–H and O–H groups in total. The van der Waals surface area contributed by atoms with E-state index in [1.165, 1.54) is 0 Å². The van der Waals surface area contributed by atoms with Gasteiger partial charge in [-0.15, -0.1) is 0 Å². The Balaban J connectivity index is 2.58. The maximum absolute atomic E-state index is 11.3. The number of aromatic nitrogens is 1. The second kappa shape index (κ2) is 5.13. The molecular formula is C16H20ClNO2. The summed E-state index contributed by atoms with van der Waals surface area (Å²) >= 11 is 6.08. The third kappa shape index (κ3) is 2.68. The van der Waals surface area contributed by atoms with Crippen molar-refractivity contribution in [3.63, 3.8) is 0 Å². The minimum absolute atomic E-state index is 0.255. The molecule has 1 aromatic carbocycles. The minimum atomic E-state index is -0.787. The third-order valence-corrected chi connectivity index (χ3v) is 3.84. The Bertz CT molecular complexity index is 656. The van der Waals surface area contributed by atoms with Gasteiger partial charge in [-0.25, -0.2) is 0 Å². The highest BCUT2D eigenvalue weighted by Crippen LogP contribution is 2.31. The standard InChI is InChI=1S/C16H20ClNO2/c1-10(2)18-13(9-16(3,4)15(19)20)7-11-5-6-12(17)8-14(11)18/h5-8,10H,9H2,1-4H3,(H,19,20). The molecule has 0 atom stereocenters. The zero-order valence-electron chi connectivity index (χ0n) is 12.3. The predicted molar refractivity (Wildman–Crippen MR) is 82.5 cm³/mol. The summed E-state index contributed by atoms with van der Waals surface area (Å²) in [7, 11) is 0. The summed E-state index contributed by atoms with van der Waals surface area (Å²) in [5, 5.41) is 11.1. The van der Waals surface area contributed by atoms with Crippen LogP contribution in [-0.4, -0.2) is 15.6 Å². The summed E-state index contributed by atoms with van der Waals surface area (Å²) in [6, 6.07) is 8.10. The van der Waals surface area contributed by atoms with Crippen molar-refractivity contribution in [2.45, 2.75) is 40.2 Å². The predicted octanol–water partition coefficient (Wildman–Crippen LogP) is 4.53. The fraction of sp³-hybridized carbons (Fsp3) is 0.438. The molecule has 0 aliphatic carbocycles. The number of rotatable bonds is 4. The zero-order chi connectivity index (χ0) is 15.1. The average molecular weight is 294 g/mol. The third-order valence-electron chi connectivity index (χ3n) is 3.60. The van der Waals surface area contributed by atoms with E-state index in [0.717, 1.165) is 16.6 Å². The van der Waals surface area contributed by atoms with E-state index >= 15 is 0 Å². The number of fused-ring (bicyclic) bond motifs is 1. The van der Waals surface area contributed by atoms with Crippen LogP contribution >= 0.6 is 11.6 Å². The van der Waals surface area contributed by atoms with E-state index in [9.17, 15) is 9.90 Å². The molecule has 0 amide bonds. The van der Waals surface area contributed by atoms with Crippen molar-refractivity contribution in [2.75, 3.05) is 0 Å². The highest BCUT2D eigenvalue weighted by molar-refractivity contribution is 6.31. The van der Waals surface area contributed by atoms with Crippen LogP contribution in [0.2, 0.25) is 5.02 Å².